The van der Waals surface area contributed by atoms with E-state index in [2.05, 4.69) is 10.1 Å². The number of anilines is 1. The minimum absolute atomic E-state index is 0.0111. The summed E-state index contributed by atoms with van der Waals surface area (Å²) >= 11 is 0. The van der Waals surface area contributed by atoms with Crippen molar-refractivity contribution >= 4 is 29.3 Å². The number of ether oxygens (including phenoxy) is 3. The highest BCUT2D eigenvalue weighted by molar-refractivity contribution is 6.09. The molecule has 10 heteroatoms. The number of amides is 1. The predicted molar refractivity (Wildman–Crippen MR) is 130 cm³/mol. The van der Waals surface area contributed by atoms with Gasteiger partial charge in [0.05, 0.1) is 24.7 Å². The van der Waals surface area contributed by atoms with Crippen molar-refractivity contribution in [2.75, 3.05) is 19.5 Å². The van der Waals surface area contributed by atoms with Gasteiger partial charge in [0.25, 0.3) is 11.6 Å². The molecule has 0 fully saturated rings. The van der Waals surface area contributed by atoms with Gasteiger partial charge >= 0.3 is 5.97 Å². The Hall–Kier alpha value is -5.17. The monoisotopic (exact) mass is 487 g/mol. The zero-order valence-electron chi connectivity index (χ0n) is 19.4. The van der Waals surface area contributed by atoms with Crippen molar-refractivity contribution in [3.63, 3.8) is 0 Å². The molecule has 3 aromatic carbocycles. The summed E-state index contributed by atoms with van der Waals surface area (Å²) in [5.74, 6) is -0.330. The number of methoxy groups -OCH3 is 2. The summed E-state index contributed by atoms with van der Waals surface area (Å²) in [5.41, 5.74) is 1.84. The maximum atomic E-state index is 12.6. The van der Waals surface area contributed by atoms with Gasteiger partial charge < -0.3 is 19.5 Å². The van der Waals surface area contributed by atoms with Gasteiger partial charge in [-0.3, -0.25) is 14.9 Å². The van der Waals surface area contributed by atoms with Crippen molar-refractivity contribution in [3.8, 4) is 17.6 Å². The summed E-state index contributed by atoms with van der Waals surface area (Å²) < 4.78 is 15.8. The number of nitriles is 1. The molecule has 182 valence electrons. The second-order valence-electron chi connectivity index (χ2n) is 7.32. The number of non-ortho nitro benzene ring substituents is 1. The van der Waals surface area contributed by atoms with Gasteiger partial charge in [-0.05, 0) is 65.7 Å². The molecular weight excluding hydrogens is 466 g/mol. The molecule has 1 N–H and O–H groups in total. The Balaban J connectivity index is 1.70. The van der Waals surface area contributed by atoms with Crippen LogP contribution in [0.1, 0.15) is 21.5 Å². The van der Waals surface area contributed by atoms with Gasteiger partial charge in [0.2, 0.25) is 0 Å². The Labute approximate surface area is 206 Å². The second kappa shape index (κ2) is 11.8. The molecule has 1 amide bonds. The molecular formula is C26H21N3O7. The molecule has 36 heavy (non-hydrogen) atoms. The molecule has 0 heterocycles. The number of rotatable bonds is 9. The van der Waals surface area contributed by atoms with E-state index < -0.39 is 16.8 Å². The summed E-state index contributed by atoms with van der Waals surface area (Å²) in [7, 11) is 2.73. The molecule has 0 aromatic heterocycles. The molecule has 0 bridgehead atoms. The van der Waals surface area contributed by atoms with Crippen molar-refractivity contribution < 1.29 is 28.7 Å². The summed E-state index contributed by atoms with van der Waals surface area (Å²) in [6.07, 6.45) is 1.40. The minimum Gasteiger partial charge on any atom is -0.493 e. The van der Waals surface area contributed by atoms with Crippen LogP contribution >= 0.6 is 0 Å². The number of carbonyl (C=O) groups is 2. The fourth-order valence-electron chi connectivity index (χ4n) is 3.09. The molecule has 0 saturated carbocycles. The molecule has 0 spiro atoms. The fraction of sp³-hybridized carbons (Fsp3) is 0.115. The van der Waals surface area contributed by atoms with Crippen LogP contribution in [0.5, 0.6) is 11.5 Å². The number of nitro benzene ring substituents is 1. The normalized spacial score (nSPS) is 10.6. The molecule has 0 radical (unpaired) electrons. The van der Waals surface area contributed by atoms with E-state index in [0.717, 1.165) is 5.56 Å². The molecule has 3 rings (SSSR count). The van der Waals surface area contributed by atoms with Crippen LogP contribution in [-0.2, 0) is 16.1 Å². The summed E-state index contributed by atoms with van der Waals surface area (Å²) in [6, 6.07) is 18.8. The number of esters is 1. The van der Waals surface area contributed by atoms with E-state index in [9.17, 15) is 25.0 Å². The molecule has 0 aliphatic rings. The highest BCUT2D eigenvalue weighted by Crippen LogP contribution is 2.30. The van der Waals surface area contributed by atoms with Crippen LogP contribution in [-0.4, -0.2) is 31.0 Å². The number of hydrogen-bond acceptors (Lipinski definition) is 8. The van der Waals surface area contributed by atoms with Crippen molar-refractivity contribution in [1.29, 1.82) is 5.26 Å². The highest BCUT2D eigenvalue weighted by Gasteiger charge is 2.13. The van der Waals surface area contributed by atoms with Gasteiger partial charge in [-0.25, -0.2) is 4.79 Å². The lowest BCUT2D eigenvalue weighted by atomic mass is 10.1. The third-order valence-corrected chi connectivity index (χ3v) is 4.97. The first-order valence-corrected chi connectivity index (χ1v) is 10.5. The third kappa shape index (κ3) is 6.45. The Morgan fingerprint density at radius 1 is 1.03 bits per heavy atom. The lowest BCUT2D eigenvalue weighted by Gasteiger charge is -2.12. The Kier molecular flexibility index (Phi) is 8.35. The average Bonchev–Trinajstić information content (AvgIpc) is 2.90. The number of nitrogens with zero attached hydrogens (tertiary/aromatic N) is 2. The highest BCUT2D eigenvalue weighted by atomic mass is 16.6. The van der Waals surface area contributed by atoms with Crippen LogP contribution < -0.4 is 14.8 Å². The van der Waals surface area contributed by atoms with Gasteiger partial charge in [0.1, 0.15) is 18.2 Å². The molecule has 3 aromatic rings. The molecule has 0 aliphatic heterocycles. The van der Waals surface area contributed by atoms with E-state index in [1.165, 1.54) is 56.7 Å². The van der Waals surface area contributed by atoms with Crippen molar-refractivity contribution in [2.45, 2.75) is 6.61 Å². The first kappa shape index (κ1) is 25.5. The number of hydrogen-bond donors (Lipinski definition) is 1. The van der Waals surface area contributed by atoms with Crippen LogP contribution in [0.25, 0.3) is 6.08 Å². The largest absolute Gasteiger partial charge is 0.493 e. The SMILES string of the molecule is COC(=O)c1ccc(NC(=O)/C(C#N)=C/c2ccc(OCc3ccc([N+](=O)[O-])cc3)c(OC)c2)cc1. The quantitative estimate of drug-likeness (QED) is 0.153. The maximum absolute atomic E-state index is 12.6. The van der Waals surface area contributed by atoms with Crippen LogP contribution in [0.3, 0.4) is 0 Å². The van der Waals surface area contributed by atoms with E-state index in [-0.39, 0.29) is 17.9 Å². The smallest absolute Gasteiger partial charge is 0.337 e. The van der Waals surface area contributed by atoms with Gasteiger partial charge in [0, 0.05) is 17.8 Å². The number of nitrogens with one attached hydrogen (secondary N) is 1. The second-order valence-corrected chi connectivity index (χ2v) is 7.32. The Morgan fingerprint density at radius 2 is 1.72 bits per heavy atom. The topological polar surface area (TPSA) is 141 Å². The molecule has 0 unspecified atom stereocenters. The van der Waals surface area contributed by atoms with E-state index in [1.54, 1.807) is 30.3 Å². The molecule has 10 nitrogen and oxygen atoms in total. The Morgan fingerprint density at radius 3 is 2.31 bits per heavy atom. The Bertz CT molecular complexity index is 1340. The first-order valence-electron chi connectivity index (χ1n) is 10.5. The zero-order chi connectivity index (χ0) is 26.1. The van der Waals surface area contributed by atoms with Crippen LogP contribution in [0, 0.1) is 21.4 Å². The van der Waals surface area contributed by atoms with E-state index in [4.69, 9.17) is 9.47 Å². The van der Waals surface area contributed by atoms with Crippen molar-refractivity contribution in [3.05, 3.63) is 99.1 Å². The van der Waals surface area contributed by atoms with Crippen LogP contribution in [0.4, 0.5) is 11.4 Å². The molecule has 0 saturated heterocycles. The third-order valence-electron chi connectivity index (χ3n) is 4.97. The first-order chi connectivity index (χ1) is 17.3. The van der Waals surface area contributed by atoms with Gasteiger partial charge in [-0.1, -0.05) is 6.07 Å². The summed E-state index contributed by atoms with van der Waals surface area (Å²) in [6.45, 7) is 0.157. The van der Waals surface area contributed by atoms with E-state index in [0.29, 0.717) is 28.3 Å². The van der Waals surface area contributed by atoms with Gasteiger partial charge in [-0.15, -0.1) is 0 Å². The van der Waals surface area contributed by atoms with E-state index in [1.807, 2.05) is 6.07 Å². The van der Waals surface area contributed by atoms with Gasteiger partial charge in [-0.2, -0.15) is 5.26 Å². The average molecular weight is 487 g/mol. The van der Waals surface area contributed by atoms with Crippen molar-refractivity contribution in [2.24, 2.45) is 0 Å². The summed E-state index contributed by atoms with van der Waals surface area (Å²) in [4.78, 5) is 34.4. The minimum atomic E-state index is -0.624. The lowest BCUT2D eigenvalue weighted by molar-refractivity contribution is -0.384. The number of nitro groups is 1. The maximum Gasteiger partial charge on any atom is 0.337 e. The standard InChI is InChI=1S/C26H21N3O7/c1-34-24-14-18(5-12-23(24)36-16-17-3-10-22(11-4-17)29(32)33)13-20(15-27)25(30)28-21-8-6-19(7-9-21)26(31)35-2/h3-14H,16H2,1-2H3,(H,28,30)/b20-13+. The molecule has 0 aliphatic carbocycles. The van der Waals surface area contributed by atoms with E-state index >= 15 is 0 Å². The molecule has 0 atom stereocenters. The van der Waals surface area contributed by atoms with Crippen molar-refractivity contribution in [1.82, 2.24) is 0 Å². The number of benzene rings is 3. The lowest BCUT2D eigenvalue weighted by Crippen LogP contribution is -2.13. The van der Waals surface area contributed by atoms with Gasteiger partial charge in [0.15, 0.2) is 11.5 Å². The number of carbonyl (C=O) groups excluding carboxylic acids is 2. The predicted octanol–water partition coefficient (Wildman–Crippen LogP) is 4.51. The fourth-order valence-corrected chi connectivity index (χ4v) is 3.09. The summed E-state index contributed by atoms with van der Waals surface area (Å²) in [5, 5.41) is 22.9. The zero-order valence-corrected chi connectivity index (χ0v) is 19.4. The van der Waals surface area contributed by atoms with Crippen LogP contribution in [0.15, 0.2) is 72.3 Å². The van der Waals surface area contributed by atoms with Crippen LogP contribution in [0.2, 0.25) is 0 Å².